The van der Waals surface area contributed by atoms with Crippen molar-refractivity contribution < 1.29 is 17.9 Å². The van der Waals surface area contributed by atoms with E-state index >= 15 is 0 Å². The number of pyridine rings is 1. The third kappa shape index (κ3) is 3.37. The summed E-state index contributed by atoms with van der Waals surface area (Å²) < 4.78 is 45.2. The highest BCUT2D eigenvalue weighted by Gasteiger charge is 2.24. The largest absolute Gasteiger partial charge is 0.376 e. The second kappa shape index (κ2) is 6.23. The summed E-state index contributed by atoms with van der Waals surface area (Å²) in [5, 5.41) is 0. The number of hydrogen-bond donors (Lipinski definition) is 0. The lowest BCUT2D eigenvalue weighted by Gasteiger charge is -2.33. The average molecular weight is 274 g/mol. The first kappa shape index (κ1) is 14.1. The van der Waals surface area contributed by atoms with Crippen LogP contribution in [0.1, 0.15) is 26.2 Å². The van der Waals surface area contributed by atoms with Crippen LogP contribution in [0.2, 0.25) is 0 Å². The second-order valence-electron chi connectivity index (χ2n) is 4.65. The molecule has 1 fully saturated rings. The summed E-state index contributed by atoms with van der Waals surface area (Å²) in [5.41, 5.74) is 0. The number of anilines is 1. The van der Waals surface area contributed by atoms with E-state index in [1.54, 1.807) is 4.90 Å². The van der Waals surface area contributed by atoms with Gasteiger partial charge in [-0.15, -0.1) is 0 Å². The third-order valence-corrected chi connectivity index (χ3v) is 3.10. The van der Waals surface area contributed by atoms with E-state index in [2.05, 4.69) is 4.98 Å². The van der Waals surface area contributed by atoms with Crippen molar-refractivity contribution in [1.29, 1.82) is 0 Å². The minimum atomic E-state index is -1.27. The molecule has 0 spiro atoms. The van der Waals surface area contributed by atoms with Crippen LogP contribution in [0, 0.1) is 17.6 Å². The molecule has 0 aromatic carbocycles. The maximum absolute atomic E-state index is 13.6. The van der Waals surface area contributed by atoms with E-state index < -0.39 is 17.6 Å². The average Bonchev–Trinajstić information content (AvgIpc) is 2.41. The number of halogens is 3. The van der Waals surface area contributed by atoms with E-state index in [1.165, 1.54) is 0 Å². The van der Waals surface area contributed by atoms with E-state index in [4.69, 9.17) is 4.74 Å². The smallest absolute Gasteiger partial charge is 0.251 e. The van der Waals surface area contributed by atoms with Gasteiger partial charge in [0.2, 0.25) is 0 Å². The lowest BCUT2D eigenvalue weighted by atomic mass is 10.1. The third-order valence-electron chi connectivity index (χ3n) is 3.10. The molecular formula is C13H17F3N2O. The summed E-state index contributed by atoms with van der Waals surface area (Å²) >= 11 is 0. The Labute approximate surface area is 110 Å². The normalized spacial score (nSPS) is 19.8. The highest BCUT2D eigenvalue weighted by atomic mass is 19.2. The van der Waals surface area contributed by atoms with Gasteiger partial charge in [-0.2, -0.15) is 9.37 Å². The first-order chi connectivity index (χ1) is 9.11. The van der Waals surface area contributed by atoms with Gasteiger partial charge in [-0.3, -0.25) is 0 Å². The van der Waals surface area contributed by atoms with Crippen LogP contribution in [0.15, 0.2) is 6.07 Å². The summed E-state index contributed by atoms with van der Waals surface area (Å²) in [4.78, 5) is 4.98. The summed E-state index contributed by atoms with van der Waals surface area (Å²) in [6.07, 6.45) is 2.60. The molecule has 1 aromatic heterocycles. The topological polar surface area (TPSA) is 25.4 Å². The Hall–Kier alpha value is -1.30. The Bertz CT molecular complexity index is 442. The number of rotatable bonds is 4. The molecular weight excluding hydrogens is 257 g/mol. The van der Waals surface area contributed by atoms with Crippen molar-refractivity contribution >= 4 is 5.82 Å². The van der Waals surface area contributed by atoms with Gasteiger partial charge in [0.15, 0.2) is 17.5 Å². The molecule has 0 aliphatic carbocycles. The predicted molar refractivity (Wildman–Crippen MR) is 65.6 cm³/mol. The fourth-order valence-corrected chi connectivity index (χ4v) is 2.21. The van der Waals surface area contributed by atoms with Crippen molar-refractivity contribution in [1.82, 2.24) is 4.98 Å². The first-order valence-corrected chi connectivity index (χ1v) is 6.50. The van der Waals surface area contributed by atoms with Crippen LogP contribution in [0.3, 0.4) is 0 Å². The Balaban J connectivity index is 2.10. The molecule has 1 atom stereocenters. The number of hydrogen-bond acceptors (Lipinski definition) is 3. The SMILES string of the molecule is CCCOC1CCCN(c2nc(F)c(F)cc2F)C1. The molecule has 0 amide bonds. The maximum atomic E-state index is 13.6. The first-order valence-electron chi connectivity index (χ1n) is 6.50. The van der Waals surface area contributed by atoms with Crippen LogP contribution in [-0.4, -0.2) is 30.8 Å². The van der Waals surface area contributed by atoms with Gasteiger partial charge < -0.3 is 9.64 Å². The van der Waals surface area contributed by atoms with Crippen LogP contribution in [-0.2, 0) is 4.74 Å². The van der Waals surface area contributed by atoms with Crippen LogP contribution in [0.4, 0.5) is 19.0 Å². The summed E-state index contributed by atoms with van der Waals surface area (Å²) in [7, 11) is 0. The summed E-state index contributed by atoms with van der Waals surface area (Å²) in [6.45, 7) is 3.68. The van der Waals surface area contributed by atoms with Crippen LogP contribution in [0.25, 0.3) is 0 Å². The van der Waals surface area contributed by atoms with Crippen LogP contribution >= 0.6 is 0 Å². The molecule has 106 valence electrons. The van der Waals surface area contributed by atoms with Crippen LogP contribution < -0.4 is 4.90 Å². The van der Waals surface area contributed by atoms with Gasteiger partial charge in [0, 0.05) is 25.8 Å². The lowest BCUT2D eigenvalue weighted by molar-refractivity contribution is 0.0437. The molecule has 6 heteroatoms. The Morgan fingerprint density at radius 2 is 2.16 bits per heavy atom. The molecule has 0 radical (unpaired) electrons. The van der Waals surface area contributed by atoms with Gasteiger partial charge >= 0.3 is 0 Å². The highest BCUT2D eigenvalue weighted by molar-refractivity contribution is 5.40. The fraction of sp³-hybridized carbons (Fsp3) is 0.615. The second-order valence-corrected chi connectivity index (χ2v) is 4.65. The standard InChI is InChI=1S/C13H17F3N2O/c1-2-6-19-9-4-3-5-18(8-9)13-11(15)7-10(14)12(16)17-13/h7,9H,2-6,8H2,1H3. The molecule has 1 unspecified atom stereocenters. The zero-order chi connectivity index (χ0) is 13.8. The van der Waals surface area contributed by atoms with Crippen molar-refractivity contribution in [3.8, 4) is 0 Å². The molecule has 1 aromatic rings. The number of piperidine rings is 1. The molecule has 3 nitrogen and oxygen atoms in total. The minimum Gasteiger partial charge on any atom is -0.376 e. The molecule has 1 aliphatic rings. The number of ether oxygens (including phenoxy) is 1. The summed E-state index contributed by atoms with van der Waals surface area (Å²) in [6, 6.07) is 0.536. The molecule has 1 saturated heterocycles. The van der Waals surface area contributed by atoms with Crippen LogP contribution in [0.5, 0.6) is 0 Å². The number of nitrogens with zero attached hydrogens (tertiary/aromatic N) is 2. The van der Waals surface area contributed by atoms with Crippen molar-refractivity contribution in [2.75, 3.05) is 24.6 Å². The van der Waals surface area contributed by atoms with E-state index in [-0.39, 0.29) is 11.9 Å². The highest BCUT2D eigenvalue weighted by Crippen LogP contribution is 2.23. The van der Waals surface area contributed by atoms with Gasteiger partial charge in [0.05, 0.1) is 6.10 Å². The molecule has 0 bridgehead atoms. The van der Waals surface area contributed by atoms with E-state index in [0.29, 0.717) is 25.8 Å². The molecule has 0 N–H and O–H groups in total. The van der Waals surface area contributed by atoms with Crippen molar-refractivity contribution in [3.05, 3.63) is 23.6 Å². The van der Waals surface area contributed by atoms with Crippen molar-refractivity contribution in [2.45, 2.75) is 32.3 Å². The Morgan fingerprint density at radius 3 is 2.89 bits per heavy atom. The Morgan fingerprint density at radius 1 is 1.37 bits per heavy atom. The monoisotopic (exact) mass is 274 g/mol. The van der Waals surface area contributed by atoms with E-state index in [0.717, 1.165) is 19.3 Å². The summed E-state index contributed by atoms with van der Waals surface area (Å²) in [5.74, 6) is -3.51. The van der Waals surface area contributed by atoms with E-state index in [1.807, 2.05) is 6.92 Å². The molecule has 19 heavy (non-hydrogen) atoms. The zero-order valence-corrected chi connectivity index (χ0v) is 10.8. The Kier molecular flexibility index (Phi) is 4.63. The minimum absolute atomic E-state index is 0.0111. The lowest BCUT2D eigenvalue weighted by Crippen LogP contribution is -2.40. The van der Waals surface area contributed by atoms with Gasteiger partial charge in [-0.25, -0.2) is 8.78 Å². The fourth-order valence-electron chi connectivity index (χ4n) is 2.21. The van der Waals surface area contributed by atoms with Gasteiger partial charge in [0.1, 0.15) is 0 Å². The van der Waals surface area contributed by atoms with Gasteiger partial charge in [-0.05, 0) is 19.3 Å². The van der Waals surface area contributed by atoms with E-state index in [9.17, 15) is 13.2 Å². The maximum Gasteiger partial charge on any atom is 0.251 e. The number of aromatic nitrogens is 1. The molecule has 2 heterocycles. The van der Waals surface area contributed by atoms with Gasteiger partial charge in [0.25, 0.3) is 5.95 Å². The quantitative estimate of drug-likeness (QED) is 0.789. The predicted octanol–water partition coefficient (Wildman–Crippen LogP) is 2.89. The molecule has 1 aliphatic heterocycles. The molecule has 2 rings (SSSR count). The van der Waals surface area contributed by atoms with Crippen molar-refractivity contribution in [2.24, 2.45) is 0 Å². The molecule has 0 saturated carbocycles. The zero-order valence-electron chi connectivity index (χ0n) is 10.8. The van der Waals surface area contributed by atoms with Crippen molar-refractivity contribution in [3.63, 3.8) is 0 Å². The van der Waals surface area contributed by atoms with Gasteiger partial charge in [-0.1, -0.05) is 6.92 Å².